The van der Waals surface area contributed by atoms with Gasteiger partial charge in [-0.25, -0.2) is 0 Å². The number of benzene rings is 2. The number of aromatic nitrogens is 1. The van der Waals surface area contributed by atoms with Crippen LogP contribution in [0.3, 0.4) is 0 Å². The van der Waals surface area contributed by atoms with Crippen LogP contribution in [0.5, 0.6) is 0 Å². The van der Waals surface area contributed by atoms with Crippen molar-refractivity contribution in [2.24, 2.45) is 0 Å². The second-order valence-electron chi connectivity index (χ2n) is 4.72. The van der Waals surface area contributed by atoms with Crippen LogP contribution in [0.2, 0.25) is 0 Å². The number of rotatable bonds is 4. The van der Waals surface area contributed by atoms with Gasteiger partial charge in [-0.05, 0) is 29.5 Å². The third-order valence-corrected chi connectivity index (χ3v) is 3.55. The molecule has 19 heavy (non-hydrogen) atoms. The van der Waals surface area contributed by atoms with E-state index in [1.807, 2.05) is 18.2 Å². The normalized spacial score (nSPS) is 12.7. The van der Waals surface area contributed by atoms with Crippen molar-refractivity contribution in [1.29, 1.82) is 0 Å². The molecule has 0 spiro atoms. The highest BCUT2D eigenvalue weighted by atomic mass is 16.3. The highest BCUT2D eigenvalue weighted by Crippen LogP contribution is 2.27. The molecule has 2 aromatic carbocycles. The fourth-order valence-corrected chi connectivity index (χ4v) is 2.64. The minimum atomic E-state index is 0.186. The standard InChI is InChI=1S/C17H17NO/c19-13-11-17(14-6-2-1-3-7-14)18-12-10-15-8-4-5-9-16(15)18/h1-10,12,17,19H,11,13H2/t17-/m1/s1. The van der Waals surface area contributed by atoms with Crippen LogP contribution in [0.25, 0.3) is 10.9 Å². The second-order valence-corrected chi connectivity index (χ2v) is 4.72. The summed E-state index contributed by atoms with van der Waals surface area (Å²) in [6.45, 7) is 0.187. The lowest BCUT2D eigenvalue weighted by Crippen LogP contribution is -2.11. The Morgan fingerprint density at radius 3 is 2.42 bits per heavy atom. The zero-order chi connectivity index (χ0) is 13.1. The molecule has 1 heterocycles. The van der Waals surface area contributed by atoms with E-state index in [-0.39, 0.29) is 12.6 Å². The van der Waals surface area contributed by atoms with E-state index in [9.17, 15) is 5.11 Å². The van der Waals surface area contributed by atoms with Gasteiger partial charge < -0.3 is 9.67 Å². The van der Waals surface area contributed by atoms with E-state index >= 15 is 0 Å². The van der Waals surface area contributed by atoms with Crippen molar-refractivity contribution in [3.05, 3.63) is 72.4 Å². The van der Waals surface area contributed by atoms with Gasteiger partial charge in [0.2, 0.25) is 0 Å². The quantitative estimate of drug-likeness (QED) is 0.753. The predicted molar refractivity (Wildman–Crippen MR) is 78.2 cm³/mol. The topological polar surface area (TPSA) is 25.2 Å². The average Bonchev–Trinajstić information content (AvgIpc) is 2.89. The van der Waals surface area contributed by atoms with Crippen LogP contribution in [-0.4, -0.2) is 16.3 Å². The summed E-state index contributed by atoms with van der Waals surface area (Å²) in [5.41, 5.74) is 2.45. The van der Waals surface area contributed by atoms with Crippen LogP contribution in [0.4, 0.5) is 0 Å². The predicted octanol–water partition coefficient (Wildman–Crippen LogP) is 3.61. The van der Waals surface area contributed by atoms with Crippen molar-refractivity contribution in [2.45, 2.75) is 12.5 Å². The maximum Gasteiger partial charge on any atom is 0.0607 e. The van der Waals surface area contributed by atoms with Gasteiger partial charge in [0.05, 0.1) is 6.04 Å². The van der Waals surface area contributed by atoms with Crippen molar-refractivity contribution in [3.8, 4) is 0 Å². The Hall–Kier alpha value is -2.06. The van der Waals surface area contributed by atoms with Gasteiger partial charge in [0.15, 0.2) is 0 Å². The fraction of sp³-hybridized carbons (Fsp3) is 0.176. The molecule has 1 N–H and O–H groups in total. The Morgan fingerprint density at radius 2 is 1.63 bits per heavy atom. The molecule has 2 nitrogen and oxygen atoms in total. The Morgan fingerprint density at radius 1 is 0.895 bits per heavy atom. The summed E-state index contributed by atoms with van der Waals surface area (Å²) in [7, 11) is 0. The number of para-hydroxylation sites is 1. The minimum absolute atomic E-state index is 0.186. The zero-order valence-corrected chi connectivity index (χ0v) is 10.7. The molecule has 0 saturated carbocycles. The molecule has 0 bridgehead atoms. The van der Waals surface area contributed by atoms with E-state index in [0.717, 1.165) is 6.42 Å². The van der Waals surface area contributed by atoms with Gasteiger partial charge in [-0.3, -0.25) is 0 Å². The largest absolute Gasteiger partial charge is 0.396 e. The molecule has 0 aliphatic heterocycles. The van der Waals surface area contributed by atoms with E-state index in [0.29, 0.717) is 0 Å². The Kier molecular flexibility index (Phi) is 3.34. The average molecular weight is 251 g/mol. The fourth-order valence-electron chi connectivity index (χ4n) is 2.64. The van der Waals surface area contributed by atoms with Crippen LogP contribution in [-0.2, 0) is 0 Å². The van der Waals surface area contributed by atoms with E-state index < -0.39 is 0 Å². The summed E-state index contributed by atoms with van der Waals surface area (Å²) in [6, 6.07) is 21.0. The second kappa shape index (κ2) is 5.29. The SMILES string of the molecule is OCC[C@H](c1ccccc1)n1ccc2ccccc21. The molecule has 0 aliphatic rings. The molecule has 0 amide bonds. The van der Waals surface area contributed by atoms with Crippen molar-refractivity contribution >= 4 is 10.9 Å². The molecule has 2 heteroatoms. The van der Waals surface area contributed by atoms with Crippen LogP contribution in [0.15, 0.2) is 66.9 Å². The zero-order valence-electron chi connectivity index (χ0n) is 10.7. The van der Waals surface area contributed by atoms with Gasteiger partial charge in [-0.1, -0.05) is 48.5 Å². The number of fused-ring (bicyclic) bond motifs is 1. The number of hydrogen-bond donors (Lipinski definition) is 1. The Labute approximate surface area is 112 Å². The molecule has 1 atom stereocenters. The van der Waals surface area contributed by atoms with Gasteiger partial charge >= 0.3 is 0 Å². The highest BCUT2D eigenvalue weighted by Gasteiger charge is 2.14. The van der Waals surface area contributed by atoms with Gasteiger partial charge in [-0.2, -0.15) is 0 Å². The maximum absolute atomic E-state index is 9.36. The van der Waals surface area contributed by atoms with Crippen molar-refractivity contribution in [1.82, 2.24) is 4.57 Å². The first kappa shape index (κ1) is 12.0. The van der Waals surface area contributed by atoms with Gasteiger partial charge in [0.25, 0.3) is 0 Å². The third kappa shape index (κ3) is 2.27. The monoisotopic (exact) mass is 251 g/mol. The minimum Gasteiger partial charge on any atom is -0.396 e. The van der Waals surface area contributed by atoms with E-state index in [1.165, 1.54) is 16.5 Å². The van der Waals surface area contributed by atoms with E-state index in [1.54, 1.807) is 0 Å². The molecule has 1 aromatic heterocycles. The lowest BCUT2D eigenvalue weighted by Gasteiger charge is -2.20. The first-order valence-corrected chi connectivity index (χ1v) is 6.61. The van der Waals surface area contributed by atoms with Crippen molar-refractivity contribution < 1.29 is 5.11 Å². The molecule has 0 saturated heterocycles. The molecule has 0 aliphatic carbocycles. The summed E-state index contributed by atoms with van der Waals surface area (Å²) in [5.74, 6) is 0. The number of nitrogens with zero attached hydrogens (tertiary/aromatic N) is 1. The third-order valence-electron chi connectivity index (χ3n) is 3.55. The van der Waals surface area contributed by atoms with E-state index in [2.05, 4.69) is 53.2 Å². The Bertz CT molecular complexity index is 657. The first-order valence-electron chi connectivity index (χ1n) is 6.61. The summed E-state index contributed by atoms with van der Waals surface area (Å²) in [5, 5.41) is 10.6. The van der Waals surface area contributed by atoms with Crippen LogP contribution in [0.1, 0.15) is 18.0 Å². The molecule has 0 unspecified atom stereocenters. The lowest BCUT2D eigenvalue weighted by atomic mass is 10.0. The number of hydrogen-bond acceptors (Lipinski definition) is 1. The lowest BCUT2D eigenvalue weighted by molar-refractivity contribution is 0.269. The summed E-state index contributed by atoms with van der Waals surface area (Å²) in [6.07, 6.45) is 2.83. The Balaban J connectivity index is 2.10. The molecule has 0 fully saturated rings. The highest BCUT2D eigenvalue weighted by molar-refractivity contribution is 5.80. The first-order chi connectivity index (χ1) is 9.40. The summed E-state index contributed by atoms with van der Waals surface area (Å²) < 4.78 is 2.25. The summed E-state index contributed by atoms with van der Waals surface area (Å²) >= 11 is 0. The van der Waals surface area contributed by atoms with Gasteiger partial charge in [0.1, 0.15) is 0 Å². The van der Waals surface area contributed by atoms with Crippen LogP contribution >= 0.6 is 0 Å². The van der Waals surface area contributed by atoms with Crippen molar-refractivity contribution in [3.63, 3.8) is 0 Å². The molecule has 96 valence electrons. The molecular weight excluding hydrogens is 234 g/mol. The van der Waals surface area contributed by atoms with Gasteiger partial charge in [0, 0.05) is 18.3 Å². The summed E-state index contributed by atoms with van der Waals surface area (Å²) in [4.78, 5) is 0. The molecule has 3 rings (SSSR count). The molecular formula is C17H17NO. The van der Waals surface area contributed by atoms with Crippen LogP contribution < -0.4 is 0 Å². The van der Waals surface area contributed by atoms with Crippen LogP contribution in [0, 0.1) is 0 Å². The van der Waals surface area contributed by atoms with E-state index in [4.69, 9.17) is 0 Å². The number of aliphatic hydroxyl groups is 1. The molecule has 0 radical (unpaired) electrons. The molecule has 3 aromatic rings. The smallest absolute Gasteiger partial charge is 0.0607 e. The van der Waals surface area contributed by atoms with Gasteiger partial charge in [-0.15, -0.1) is 0 Å². The van der Waals surface area contributed by atoms with Crippen molar-refractivity contribution in [2.75, 3.05) is 6.61 Å². The number of aliphatic hydroxyl groups excluding tert-OH is 1. The maximum atomic E-state index is 9.36.